The van der Waals surface area contributed by atoms with Crippen LogP contribution < -0.4 is 24.4 Å². The molecule has 0 saturated heterocycles. The van der Waals surface area contributed by atoms with Gasteiger partial charge in [0, 0.05) is 11.6 Å². The van der Waals surface area contributed by atoms with E-state index in [4.69, 9.17) is 41.8 Å². The number of hydrogen-bond donors (Lipinski definition) is 0. The number of rotatable bonds is 9. The summed E-state index contributed by atoms with van der Waals surface area (Å²) >= 11 is 13.4. The van der Waals surface area contributed by atoms with Gasteiger partial charge in [0.05, 0.1) is 51.7 Å². The third-order valence-corrected chi connectivity index (χ3v) is 8.23. The summed E-state index contributed by atoms with van der Waals surface area (Å²) in [6.45, 7) is 8.29. The number of hydrogen-bond acceptors (Lipinski definition) is 8. The van der Waals surface area contributed by atoms with Crippen molar-refractivity contribution in [1.82, 2.24) is 4.57 Å². The minimum atomic E-state index is -0.791. The number of thiazole rings is 1. The second kappa shape index (κ2) is 12.6. The Balaban J connectivity index is 1.64. The van der Waals surface area contributed by atoms with E-state index in [1.807, 2.05) is 19.9 Å². The Bertz CT molecular complexity index is 1870. The van der Waals surface area contributed by atoms with Crippen molar-refractivity contribution in [1.29, 1.82) is 0 Å². The molecule has 0 unspecified atom stereocenters. The van der Waals surface area contributed by atoms with Crippen LogP contribution in [0.5, 0.6) is 11.5 Å². The molecule has 4 aromatic rings. The molecule has 3 heterocycles. The fraction of sp³-hybridized carbons (Fsp3) is 0.258. The van der Waals surface area contributed by atoms with Gasteiger partial charge in [0.2, 0.25) is 0 Å². The van der Waals surface area contributed by atoms with E-state index in [0.717, 1.165) is 5.56 Å². The second-order valence-corrected chi connectivity index (χ2v) is 11.0. The zero-order valence-corrected chi connectivity index (χ0v) is 25.7. The van der Waals surface area contributed by atoms with Crippen LogP contribution in [0.4, 0.5) is 0 Å². The Hall–Kier alpha value is -3.79. The summed E-state index contributed by atoms with van der Waals surface area (Å²) in [4.78, 5) is 32.3. The van der Waals surface area contributed by atoms with E-state index < -0.39 is 12.0 Å². The average Bonchev–Trinajstić information content (AvgIpc) is 3.55. The van der Waals surface area contributed by atoms with Crippen molar-refractivity contribution >= 4 is 46.6 Å². The van der Waals surface area contributed by atoms with E-state index in [2.05, 4.69) is 4.99 Å². The topological polar surface area (TPSA) is 92.3 Å². The molecule has 0 saturated carbocycles. The lowest BCUT2D eigenvalue weighted by atomic mass is 9.95. The number of carbonyl (C=O) groups is 1. The number of esters is 1. The van der Waals surface area contributed by atoms with Crippen LogP contribution in [-0.4, -0.2) is 30.4 Å². The molecule has 1 aliphatic heterocycles. The predicted molar refractivity (Wildman–Crippen MR) is 163 cm³/mol. The lowest BCUT2D eigenvalue weighted by Gasteiger charge is -2.25. The van der Waals surface area contributed by atoms with Crippen LogP contribution in [0.1, 0.15) is 45.1 Å². The number of allylic oxidation sites excluding steroid dienone is 1. The molecule has 0 spiro atoms. The third-order valence-electron chi connectivity index (χ3n) is 6.50. The molecule has 1 atom stereocenters. The number of halogens is 2. The number of fused-ring (bicyclic) bond motifs is 1. The molecule has 5 rings (SSSR count). The third kappa shape index (κ3) is 5.77. The Labute approximate surface area is 256 Å². The van der Waals surface area contributed by atoms with E-state index in [9.17, 15) is 9.59 Å². The van der Waals surface area contributed by atoms with Gasteiger partial charge in [-0.1, -0.05) is 40.6 Å². The Morgan fingerprint density at radius 1 is 1.00 bits per heavy atom. The summed E-state index contributed by atoms with van der Waals surface area (Å²) in [5.41, 5.74) is 1.84. The van der Waals surface area contributed by atoms with Crippen molar-refractivity contribution in [2.75, 3.05) is 19.8 Å². The van der Waals surface area contributed by atoms with Crippen molar-refractivity contribution in [2.45, 2.75) is 33.7 Å². The molecular weight excluding hydrogens is 599 g/mol. The molecule has 0 amide bonds. The lowest BCUT2D eigenvalue weighted by molar-refractivity contribution is -0.139. The maximum atomic E-state index is 14.0. The second-order valence-electron chi connectivity index (χ2n) is 9.21. The molecule has 218 valence electrons. The van der Waals surface area contributed by atoms with Crippen molar-refractivity contribution in [3.8, 4) is 22.8 Å². The SMILES string of the molecule is CCOC(=O)C1=C(C)N=c2s/c(=C\c3ccc(-c4ccc(Cl)c(Cl)c4)o3)c(=O)n2[C@H]1c1ccc(OCC)c(OCC)c1. The van der Waals surface area contributed by atoms with Gasteiger partial charge in [0.1, 0.15) is 11.5 Å². The van der Waals surface area contributed by atoms with Gasteiger partial charge >= 0.3 is 5.97 Å². The molecule has 42 heavy (non-hydrogen) atoms. The highest BCUT2D eigenvalue weighted by molar-refractivity contribution is 7.07. The highest BCUT2D eigenvalue weighted by atomic mass is 35.5. The van der Waals surface area contributed by atoms with Gasteiger partial charge in [-0.15, -0.1) is 0 Å². The van der Waals surface area contributed by atoms with Gasteiger partial charge in [-0.2, -0.15) is 0 Å². The molecule has 0 aliphatic carbocycles. The highest BCUT2D eigenvalue weighted by Crippen LogP contribution is 2.36. The van der Waals surface area contributed by atoms with Crippen molar-refractivity contribution in [3.63, 3.8) is 0 Å². The highest BCUT2D eigenvalue weighted by Gasteiger charge is 2.34. The summed E-state index contributed by atoms with van der Waals surface area (Å²) < 4.78 is 24.9. The molecule has 2 aromatic carbocycles. The first-order valence-corrected chi connectivity index (χ1v) is 15.0. The van der Waals surface area contributed by atoms with Gasteiger partial charge in [-0.25, -0.2) is 9.79 Å². The van der Waals surface area contributed by atoms with Crippen LogP contribution >= 0.6 is 34.5 Å². The molecule has 8 nitrogen and oxygen atoms in total. The van der Waals surface area contributed by atoms with Crippen LogP contribution in [0.25, 0.3) is 17.4 Å². The fourth-order valence-electron chi connectivity index (χ4n) is 4.71. The number of ether oxygens (including phenoxy) is 3. The largest absolute Gasteiger partial charge is 0.490 e. The van der Waals surface area contributed by atoms with E-state index in [1.54, 1.807) is 62.4 Å². The lowest BCUT2D eigenvalue weighted by Crippen LogP contribution is -2.40. The van der Waals surface area contributed by atoms with Gasteiger partial charge in [-0.3, -0.25) is 9.36 Å². The zero-order valence-electron chi connectivity index (χ0n) is 23.4. The monoisotopic (exact) mass is 626 g/mol. The first-order valence-electron chi connectivity index (χ1n) is 13.4. The molecule has 11 heteroatoms. The van der Waals surface area contributed by atoms with E-state index >= 15 is 0 Å². The number of nitrogens with zero attached hydrogens (tertiary/aromatic N) is 2. The Kier molecular flexibility index (Phi) is 8.91. The smallest absolute Gasteiger partial charge is 0.338 e. The fourth-order valence-corrected chi connectivity index (χ4v) is 6.03. The molecule has 0 fully saturated rings. The van der Waals surface area contributed by atoms with Crippen LogP contribution in [0.15, 0.2) is 74.0 Å². The van der Waals surface area contributed by atoms with E-state index in [1.165, 1.54) is 15.9 Å². The summed E-state index contributed by atoms with van der Waals surface area (Å²) in [5.74, 6) is 1.59. The van der Waals surface area contributed by atoms with Crippen molar-refractivity contribution < 1.29 is 23.4 Å². The van der Waals surface area contributed by atoms with Crippen LogP contribution in [0.2, 0.25) is 10.0 Å². The first kappa shape index (κ1) is 29.7. The van der Waals surface area contributed by atoms with Crippen LogP contribution in [0, 0.1) is 0 Å². The van der Waals surface area contributed by atoms with Gasteiger partial charge in [0.25, 0.3) is 5.56 Å². The normalized spacial score (nSPS) is 14.9. The number of carbonyl (C=O) groups excluding carboxylic acids is 1. The number of benzene rings is 2. The Morgan fingerprint density at radius 2 is 1.76 bits per heavy atom. The molecule has 1 aliphatic rings. The first-order chi connectivity index (χ1) is 20.2. The van der Waals surface area contributed by atoms with Crippen molar-refractivity contribution in [3.05, 3.63) is 101 Å². The van der Waals surface area contributed by atoms with Crippen LogP contribution in [0.3, 0.4) is 0 Å². The van der Waals surface area contributed by atoms with Gasteiger partial charge in [-0.05, 0) is 75.7 Å². The maximum Gasteiger partial charge on any atom is 0.338 e. The van der Waals surface area contributed by atoms with E-state index in [-0.39, 0.29) is 17.7 Å². The average molecular weight is 628 g/mol. The van der Waals surface area contributed by atoms with Gasteiger partial charge < -0.3 is 18.6 Å². The summed E-state index contributed by atoms with van der Waals surface area (Å²) in [7, 11) is 0. The predicted octanol–water partition coefficient (Wildman–Crippen LogP) is 6.16. The molecule has 0 radical (unpaired) electrons. The minimum absolute atomic E-state index is 0.180. The standard InChI is InChI=1S/C31H28Cl2N2O6S/c1-5-38-24-12-9-19(15-25(24)39-6-2)28-27(30(37)40-7-3)17(4)34-31-35(28)29(36)26(42-31)16-20-10-13-23(41-20)18-8-11-21(32)22(33)14-18/h8-16,28H,5-7H2,1-4H3/b26-16-/t28-/m0/s1. The molecule has 0 N–H and O–H groups in total. The number of furan rings is 1. The quantitative estimate of drug-likeness (QED) is 0.207. The van der Waals surface area contributed by atoms with E-state index in [0.29, 0.717) is 66.9 Å². The molecular formula is C31H28Cl2N2O6S. The Morgan fingerprint density at radius 3 is 2.48 bits per heavy atom. The summed E-state index contributed by atoms with van der Waals surface area (Å²) in [6.07, 6.45) is 1.66. The minimum Gasteiger partial charge on any atom is -0.490 e. The molecule has 2 aromatic heterocycles. The number of aromatic nitrogens is 1. The van der Waals surface area contributed by atoms with Gasteiger partial charge in [0.15, 0.2) is 16.3 Å². The van der Waals surface area contributed by atoms with Crippen molar-refractivity contribution in [2.24, 2.45) is 4.99 Å². The maximum absolute atomic E-state index is 14.0. The zero-order chi connectivity index (χ0) is 30.0. The van der Waals surface area contributed by atoms with Crippen LogP contribution in [-0.2, 0) is 9.53 Å². The summed E-state index contributed by atoms with van der Waals surface area (Å²) in [5, 5.41) is 0.858. The summed E-state index contributed by atoms with van der Waals surface area (Å²) in [6, 6.07) is 13.4. The molecule has 0 bridgehead atoms.